The van der Waals surface area contributed by atoms with Crippen LogP contribution < -0.4 is 5.32 Å². The van der Waals surface area contributed by atoms with Gasteiger partial charge in [-0.3, -0.25) is 0 Å². The van der Waals surface area contributed by atoms with Crippen LogP contribution in [0.2, 0.25) is 0 Å². The van der Waals surface area contributed by atoms with Gasteiger partial charge in [0.15, 0.2) is 0 Å². The van der Waals surface area contributed by atoms with Crippen LogP contribution >= 0.6 is 0 Å². The molecule has 1 saturated heterocycles. The molecule has 4 heteroatoms. The van der Waals surface area contributed by atoms with E-state index in [0.717, 1.165) is 12.8 Å². The standard InChI is InChI=1S/C12H17FN2O/c1-14-9-6-7-15(16)12(8-9)10-4-2-3-5-11(10)13/h2-5,9,12,14,16H,6-8H2,1H3. The molecule has 1 aliphatic rings. The Morgan fingerprint density at radius 1 is 1.44 bits per heavy atom. The Bertz CT molecular complexity index is 359. The zero-order valence-electron chi connectivity index (χ0n) is 9.36. The fourth-order valence-corrected chi connectivity index (χ4v) is 2.25. The molecule has 2 unspecified atom stereocenters. The summed E-state index contributed by atoms with van der Waals surface area (Å²) in [7, 11) is 1.90. The molecule has 2 atom stereocenters. The smallest absolute Gasteiger partial charge is 0.128 e. The molecule has 88 valence electrons. The van der Waals surface area contributed by atoms with Crippen molar-refractivity contribution in [1.29, 1.82) is 0 Å². The Morgan fingerprint density at radius 3 is 2.88 bits per heavy atom. The van der Waals surface area contributed by atoms with E-state index in [1.54, 1.807) is 18.2 Å². The number of hydroxylamine groups is 2. The molecule has 0 amide bonds. The lowest BCUT2D eigenvalue weighted by atomic mass is 9.93. The van der Waals surface area contributed by atoms with Crippen LogP contribution in [0.4, 0.5) is 4.39 Å². The molecule has 0 radical (unpaired) electrons. The number of halogens is 1. The van der Waals surface area contributed by atoms with Crippen molar-refractivity contribution in [2.75, 3.05) is 13.6 Å². The third-order valence-corrected chi connectivity index (χ3v) is 3.25. The normalized spacial score (nSPS) is 26.9. The van der Waals surface area contributed by atoms with Gasteiger partial charge >= 0.3 is 0 Å². The molecular weight excluding hydrogens is 207 g/mol. The monoisotopic (exact) mass is 224 g/mol. The molecule has 0 bridgehead atoms. The molecule has 2 rings (SSSR count). The Hall–Kier alpha value is -0.970. The van der Waals surface area contributed by atoms with Crippen molar-refractivity contribution >= 4 is 0 Å². The zero-order valence-corrected chi connectivity index (χ0v) is 9.36. The minimum Gasteiger partial charge on any atom is -0.317 e. The highest BCUT2D eigenvalue weighted by Gasteiger charge is 2.29. The van der Waals surface area contributed by atoms with Crippen molar-refractivity contribution in [3.8, 4) is 0 Å². The quantitative estimate of drug-likeness (QED) is 0.806. The predicted molar refractivity (Wildman–Crippen MR) is 59.7 cm³/mol. The molecule has 0 aliphatic carbocycles. The SMILES string of the molecule is CNC1CCN(O)C(c2ccccc2F)C1. The first-order chi connectivity index (χ1) is 7.72. The number of hydrogen-bond acceptors (Lipinski definition) is 3. The van der Waals surface area contributed by atoms with E-state index in [1.165, 1.54) is 11.1 Å². The van der Waals surface area contributed by atoms with Gasteiger partial charge in [0.1, 0.15) is 5.82 Å². The largest absolute Gasteiger partial charge is 0.317 e. The number of hydrogen-bond donors (Lipinski definition) is 2. The maximum Gasteiger partial charge on any atom is 0.128 e. The summed E-state index contributed by atoms with van der Waals surface area (Å²) in [6, 6.07) is 6.74. The number of benzene rings is 1. The van der Waals surface area contributed by atoms with Crippen molar-refractivity contribution in [2.45, 2.75) is 24.9 Å². The minimum atomic E-state index is -0.247. The van der Waals surface area contributed by atoms with Crippen LogP contribution in [-0.2, 0) is 0 Å². The molecule has 3 nitrogen and oxygen atoms in total. The van der Waals surface area contributed by atoms with Crippen molar-refractivity contribution in [3.05, 3.63) is 35.6 Å². The van der Waals surface area contributed by atoms with E-state index < -0.39 is 0 Å². The first-order valence-corrected chi connectivity index (χ1v) is 5.59. The first kappa shape index (κ1) is 11.5. The van der Waals surface area contributed by atoms with E-state index in [4.69, 9.17) is 0 Å². The lowest BCUT2D eigenvalue weighted by Gasteiger charge is -2.35. The maximum absolute atomic E-state index is 13.6. The van der Waals surface area contributed by atoms with Crippen molar-refractivity contribution < 1.29 is 9.60 Å². The lowest BCUT2D eigenvalue weighted by molar-refractivity contribution is -0.149. The van der Waals surface area contributed by atoms with E-state index >= 15 is 0 Å². The molecule has 1 fully saturated rings. The van der Waals surface area contributed by atoms with Crippen LogP contribution in [0.1, 0.15) is 24.4 Å². The van der Waals surface area contributed by atoms with Gasteiger partial charge in [-0.1, -0.05) is 18.2 Å². The van der Waals surface area contributed by atoms with Crippen LogP contribution in [-0.4, -0.2) is 29.9 Å². The summed E-state index contributed by atoms with van der Waals surface area (Å²) in [4.78, 5) is 0. The van der Waals surface area contributed by atoms with Gasteiger partial charge < -0.3 is 10.5 Å². The van der Waals surface area contributed by atoms with Gasteiger partial charge in [0.05, 0.1) is 6.04 Å². The topological polar surface area (TPSA) is 35.5 Å². The van der Waals surface area contributed by atoms with Gasteiger partial charge in [-0.2, -0.15) is 5.06 Å². The summed E-state index contributed by atoms with van der Waals surface area (Å²) in [5, 5.41) is 14.2. The fraction of sp³-hybridized carbons (Fsp3) is 0.500. The van der Waals surface area contributed by atoms with Crippen LogP contribution in [0.3, 0.4) is 0 Å². The zero-order chi connectivity index (χ0) is 11.5. The second-order valence-electron chi connectivity index (χ2n) is 4.21. The summed E-state index contributed by atoms with van der Waals surface area (Å²) >= 11 is 0. The van der Waals surface area contributed by atoms with E-state index in [1.807, 2.05) is 7.05 Å². The third kappa shape index (κ3) is 2.24. The highest BCUT2D eigenvalue weighted by atomic mass is 19.1. The lowest BCUT2D eigenvalue weighted by Crippen LogP contribution is -2.42. The summed E-state index contributed by atoms with van der Waals surface area (Å²) in [6.07, 6.45) is 1.62. The summed E-state index contributed by atoms with van der Waals surface area (Å²) in [5.41, 5.74) is 0.574. The van der Waals surface area contributed by atoms with E-state index in [2.05, 4.69) is 5.32 Å². The molecule has 16 heavy (non-hydrogen) atoms. The molecule has 1 aromatic rings. The Morgan fingerprint density at radius 2 is 2.19 bits per heavy atom. The molecule has 0 spiro atoms. The average molecular weight is 224 g/mol. The van der Waals surface area contributed by atoms with Gasteiger partial charge in [-0.15, -0.1) is 0 Å². The summed E-state index contributed by atoms with van der Waals surface area (Å²) in [6.45, 7) is 0.574. The molecule has 2 N–H and O–H groups in total. The van der Waals surface area contributed by atoms with Gasteiger partial charge in [-0.25, -0.2) is 4.39 Å². The Labute approximate surface area is 94.8 Å². The van der Waals surface area contributed by atoms with Crippen molar-refractivity contribution in [2.24, 2.45) is 0 Å². The number of nitrogens with one attached hydrogen (secondary N) is 1. The number of rotatable bonds is 2. The van der Waals surface area contributed by atoms with Crippen LogP contribution in [0.5, 0.6) is 0 Å². The maximum atomic E-state index is 13.6. The molecule has 1 aliphatic heterocycles. The van der Waals surface area contributed by atoms with Crippen LogP contribution in [0.25, 0.3) is 0 Å². The third-order valence-electron chi connectivity index (χ3n) is 3.25. The first-order valence-electron chi connectivity index (χ1n) is 5.59. The second-order valence-corrected chi connectivity index (χ2v) is 4.21. The molecular formula is C12H17FN2O. The molecule has 0 aromatic heterocycles. The van der Waals surface area contributed by atoms with Crippen molar-refractivity contribution in [3.63, 3.8) is 0 Å². The summed E-state index contributed by atoms with van der Waals surface area (Å²) < 4.78 is 13.6. The minimum absolute atomic E-state index is 0.243. The fourth-order valence-electron chi connectivity index (χ4n) is 2.25. The highest BCUT2D eigenvalue weighted by Crippen LogP contribution is 2.30. The van der Waals surface area contributed by atoms with Crippen LogP contribution in [0, 0.1) is 5.82 Å². The van der Waals surface area contributed by atoms with Gasteiger partial charge in [0.2, 0.25) is 0 Å². The number of piperidine rings is 1. The van der Waals surface area contributed by atoms with Gasteiger partial charge in [0.25, 0.3) is 0 Å². The Kier molecular flexibility index (Phi) is 3.53. The van der Waals surface area contributed by atoms with E-state index in [0.29, 0.717) is 18.2 Å². The molecule has 0 saturated carbocycles. The van der Waals surface area contributed by atoms with Crippen LogP contribution in [0.15, 0.2) is 24.3 Å². The van der Waals surface area contributed by atoms with Gasteiger partial charge in [-0.05, 0) is 26.0 Å². The predicted octanol–water partition coefficient (Wildman–Crippen LogP) is 1.94. The van der Waals surface area contributed by atoms with E-state index in [-0.39, 0.29) is 11.9 Å². The average Bonchev–Trinajstić information content (AvgIpc) is 2.31. The van der Waals surface area contributed by atoms with Crippen molar-refractivity contribution in [1.82, 2.24) is 10.4 Å². The Balaban J connectivity index is 2.21. The second kappa shape index (κ2) is 4.91. The number of nitrogens with zero attached hydrogens (tertiary/aromatic N) is 1. The van der Waals surface area contributed by atoms with Gasteiger partial charge in [0, 0.05) is 18.2 Å². The molecule has 1 aromatic carbocycles. The van der Waals surface area contributed by atoms with E-state index in [9.17, 15) is 9.60 Å². The summed E-state index contributed by atoms with van der Waals surface area (Å²) in [5.74, 6) is -0.247. The molecule has 1 heterocycles. The highest BCUT2D eigenvalue weighted by molar-refractivity contribution is 5.21.